The molecule has 1 atom stereocenters. The molecule has 2 aromatic rings. The molecule has 0 spiro atoms. The predicted molar refractivity (Wildman–Crippen MR) is 85.1 cm³/mol. The van der Waals surface area contributed by atoms with Crippen LogP contribution in [0.2, 0.25) is 0 Å². The Morgan fingerprint density at radius 2 is 2.04 bits per heavy atom. The molecule has 7 heteroatoms. The van der Waals surface area contributed by atoms with Gasteiger partial charge in [-0.25, -0.2) is 9.37 Å². The fourth-order valence-corrected chi connectivity index (χ4v) is 2.37. The lowest BCUT2D eigenvalue weighted by Crippen LogP contribution is -2.46. The number of hydrogen-bond acceptors (Lipinski definition) is 4. The van der Waals surface area contributed by atoms with E-state index in [1.807, 2.05) is 0 Å². The first-order valence-corrected chi connectivity index (χ1v) is 7.60. The number of piperidine rings is 1. The second kappa shape index (κ2) is 7.08. The molecule has 1 aromatic heterocycles. The van der Waals surface area contributed by atoms with Crippen molar-refractivity contribution >= 4 is 17.5 Å². The van der Waals surface area contributed by atoms with Crippen LogP contribution in [0.1, 0.15) is 19.3 Å². The van der Waals surface area contributed by atoms with Crippen molar-refractivity contribution in [3.8, 4) is 11.6 Å². The number of rotatable bonds is 4. The minimum atomic E-state index is -0.513. The van der Waals surface area contributed by atoms with Crippen LogP contribution < -0.4 is 15.4 Å². The Labute approximate surface area is 138 Å². The molecule has 124 valence electrons. The van der Waals surface area contributed by atoms with Crippen molar-refractivity contribution in [1.82, 2.24) is 10.3 Å². The average molecular weight is 329 g/mol. The van der Waals surface area contributed by atoms with E-state index in [0.29, 0.717) is 36.6 Å². The van der Waals surface area contributed by atoms with Crippen molar-refractivity contribution in [3.63, 3.8) is 0 Å². The van der Waals surface area contributed by atoms with E-state index in [4.69, 9.17) is 4.74 Å². The van der Waals surface area contributed by atoms with Gasteiger partial charge in [0.25, 0.3) is 0 Å². The minimum absolute atomic E-state index is 0.109. The van der Waals surface area contributed by atoms with E-state index in [2.05, 4.69) is 15.6 Å². The molecule has 6 nitrogen and oxygen atoms in total. The predicted octanol–water partition coefficient (Wildman–Crippen LogP) is 2.62. The Kier molecular flexibility index (Phi) is 4.69. The van der Waals surface area contributed by atoms with E-state index >= 15 is 0 Å². The van der Waals surface area contributed by atoms with Crippen LogP contribution in [0.5, 0.6) is 11.6 Å². The van der Waals surface area contributed by atoms with Gasteiger partial charge in [-0.2, -0.15) is 0 Å². The third-order valence-corrected chi connectivity index (χ3v) is 3.59. The Balaban J connectivity index is 1.58. The highest BCUT2D eigenvalue weighted by Gasteiger charge is 2.24. The van der Waals surface area contributed by atoms with Gasteiger partial charge in [-0.3, -0.25) is 9.59 Å². The number of hydrogen-bond donors (Lipinski definition) is 2. The fourth-order valence-electron chi connectivity index (χ4n) is 2.37. The number of ether oxygens (including phenoxy) is 1. The monoisotopic (exact) mass is 329 g/mol. The molecular formula is C17H16FN3O3. The van der Waals surface area contributed by atoms with Gasteiger partial charge in [0.15, 0.2) is 0 Å². The van der Waals surface area contributed by atoms with Crippen molar-refractivity contribution in [1.29, 1.82) is 0 Å². The number of halogens is 1. The van der Waals surface area contributed by atoms with Gasteiger partial charge >= 0.3 is 0 Å². The third kappa shape index (κ3) is 4.07. The summed E-state index contributed by atoms with van der Waals surface area (Å²) in [5, 5.41) is 5.37. The van der Waals surface area contributed by atoms with E-state index in [0.717, 1.165) is 0 Å². The SMILES string of the molecule is O=C1CCC[C@H](C(=O)Nc2ccc(Oc3ccc(F)cc3)nc2)N1. The molecule has 0 radical (unpaired) electrons. The van der Waals surface area contributed by atoms with Crippen molar-refractivity contribution < 1.29 is 18.7 Å². The highest BCUT2D eigenvalue weighted by atomic mass is 19.1. The smallest absolute Gasteiger partial charge is 0.246 e. The van der Waals surface area contributed by atoms with Crippen LogP contribution in [-0.2, 0) is 9.59 Å². The van der Waals surface area contributed by atoms with Gasteiger partial charge in [0, 0.05) is 12.5 Å². The first-order valence-electron chi connectivity index (χ1n) is 7.60. The van der Waals surface area contributed by atoms with Gasteiger partial charge in [-0.05, 0) is 43.2 Å². The van der Waals surface area contributed by atoms with Crippen molar-refractivity contribution in [2.75, 3.05) is 5.32 Å². The molecule has 1 fully saturated rings. The zero-order chi connectivity index (χ0) is 16.9. The summed E-state index contributed by atoms with van der Waals surface area (Å²) in [6, 6.07) is 8.32. The third-order valence-electron chi connectivity index (χ3n) is 3.59. The molecule has 2 N–H and O–H groups in total. The number of nitrogens with one attached hydrogen (secondary N) is 2. The number of amides is 2. The molecule has 2 heterocycles. The summed E-state index contributed by atoms with van der Waals surface area (Å²) < 4.78 is 18.3. The molecule has 0 bridgehead atoms. The van der Waals surface area contributed by atoms with E-state index in [1.54, 1.807) is 12.1 Å². The maximum absolute atomic E-state index is 12.8. The second-order valence-electron chi connectivity index (χ2n) is 5.44. The van der Waals surface area contributed by atoms with Gasteiger partial charge in [-0.1, -0.05) is 0 Å². The quantitative estimate of drug-likeness (QED) is 0.903. The number of nitrogens with zero attached hydrogens (tertiary/aromatic N) is 1. The molecule has 1 aromatic carbocycles. The summed E-state index contributed by atoms with van der Waals surface area (Å²) in [5.41, 5.74) is 0.506. The zero-order valence-electron chi connectivity index (χ0n) is 12.8. The van der Waals surface area contributed by atoms with E-state index in [-0.39, 0.29) is 17.6 Å². The summed E-state index contributed by atoms with van der Waals surface area (Å²) >= 11 is 0. The average Bonchev–Trinajstić information content (AvgIpc) is 2.59. The Hall–Kier alpha value is -2.96. The summed E-state index contributed by atoms with van der Waals surface area (Å²) in [6.07, 6.45) is 3.24. The van der Waals surface area contributed by atoms with E-state index in [1.165, 1.54) is 30.5 Å². The standard InChI is InChI=1S/C17H16FN3O3/c18-11-4-7-13(8-5-11)24-16-9-6-12(10-19-16)20-17(23)14-2-1-3-15(22)21-14/h4-10,14H,1-3H2,(H,20,23)(H,21,22)/t14-/m1/s1. The molecule has 1 saturated heterocycles. The van der Waals surface area contributed by atoms with Crippen LogP contribution in [0.15, 0.2) is 42.6 Å². The molecular weight excluding hydrogens is 313 g/mol. The lowest BCUT2D eigenvalue weighted by Gasteiger charge is -2.22. The molecule has 1 aliphatic rings. The zero-order valence-corrected chi connectivity index (χ0v) is 12.8. The lowest BCUT2D eigenvalue weighted by molar-refractivity contribution is -0.128. The number of benzene rings is 1. The van der Waals surface area contributed by atoms with Crippen molar-refractivity contribution in [2.24, 2.45) is 0 Å². The summed E-state index contributed by atoms with van der Waals surface area (Å²) in [4.78, 5) is 27.5. The Morgan fingerprint density at radius 3 is 2.71 bits per heavy atom. The van der Waals surface area contributed by atoms with Crippen LogP contribution in [-0.4, -0.2) is 22.8 Å². The molecule has 1 aliphatic heterocycles. The van der Waals surface area contributed by atoms with Crippen LogP contribution in [0.25, 0.3) is 0 Å². The van der Waals surface area contributed by atoms with E-state index in [9.17, 15) is 14.0 Å². The van der Waals surface area contributed by atoms with Gasteiger partial charge in [0.2, 0.25) is 17.7 Å². The van der Waals surface area contributed by atoms with Crippen LogP contribution >= 0.6 is 0 Å². The van der Waals surface area contributed by atoms with E-state index < -0.39 is 6.04 Å². The van der Waals surface area contributed by atoms with Crippen LogP contribution in [0.3, 0.4) is 0 Å². The first-order chi connectivity index (χ1) is 11.6. The molecule has 0 unspecified atom stereocenters. The summed E-state index contributed by atoms with van der Waals surface area (Å²) in [5.74, 6) is 0.0685. The Bertz CT molecular complexity index is 732. The normalized spacial score (nSPS) is 17.0. The topological polar surface area (TPSA) is 80.3 Å². The van der Waals surface area contributed by atoms with Gasteiger partial charge in [0.1, 0.15) is 17.6 Å². The summed E-state index contributed by atoms with van der Waals surface area (Å²) in [6.45, 7) is 0. The number of carbonyl (C=O) groups is 2. The minimum Gasteiger partial charge on any atom is -0.439 e. The second-order valence-corrected chi connectivity index (χ2v) is 5.44. The molecule has 0 saturated carbocycles. The maximum atomic E-state index is 12.8. The number of anilines is 1. The molecule has 2 amide bonds. The molecule has 0 aliphatic carbocycles. The first kappa shape index (κ1) is 15.9. The Morgan fingerprint density at radius 1 is 1.25 bits per heavy atom. The van der Waals surface area contributed by atoms with Crippen LogP contribution in [0.4, 0.5) is 10.1 Å². The highest BCUT2D eigenvalue weighted by molar-refractivity contribution is 5.97. The van der Waals surface area contributed by atoms with Gasteiger partial charge in [-0.15, -0.1) is 0 Å². The molecule has 24 heavy (non-hydrogen) atoms. The number of aromatic nitrogens is 1. The lowest BCUT2D eigenvalue weighted by atomic mass is 10.0. The fraction of sp³-hybridized carbons (Fsp3) is 0.235. The number of carbonyl (C=O) groups excluding carboxylic acids is 2. The van der Waals surface area contributed by atoms with Gasteiger partial charge < -0.3 is 15.4 Å². The van der Waals surface area contributed by atoms with Crippen molar-refractivity contribution in [2.45, 2.75) is 25.3 Å². The largest absolute Gasteiger partial charge is 0.439 e. The van der Waals surface area contributed by atoms with Crippen LogP contribution in [0, 0.1) is 5.82 Å². The van der Waals surface area contributed by atoms with Gasteiger partial charge in [0.05, 0.1) is 11.9 Å². The summed E-state index contributed by atoms with van der Waals surface area (Å²) in [7, 11) is 0. The van der Waals surface area contributed by atoms with Crippen molar-refractivity contribution in [3.05, 3.63) is 48.4 Å². The number of pyridine rings is 1. The maximum Gasteiger partial charge on any atom is 0.246 e. The highest BCUT2D eigenvalue weighted by Crippen LogP contribution is 2.21. The molecule has 3 rings (SSSR count).